The van der Waals surface area contributed by atoms with Crippen molar-refractivity contribution in [2.75, 3.05) is 19.6 Å². The van der Waals surface area contributed by atoms with Gasteiger partial charge in [0.15, 0.2) is 0 Å². The maximum atomic E-state index is 12.4. The van der Waals surface area contributed by atoms with E-state index < -0.39 is 6.36 Å². The monoisotopic (exact) mass is 362 g/mol. The van der Waals surface area contributed by atoms with Crippen molar-refractivity contribution in [1.82, 2.24) is 10.2 Å². The number of aryl methyl sites for hydroxylation is 2. The van der Waals surface area contributed by atoms with E-state index in [0.717, 1.165) is 42.9 Å². The van der Waals surface area contributed by atoms with Crippen molar-refractivity contribution >= 4 is 0 Å². The highest BCUT2D eigenvalue weighted by Crippen LogP contribution is 2.40. The molecule has 2 heterocycles. The summed E-state index contributed by atoms with van der Waals surface area (Å²) >= 11 is 0. The van der Waals surface area contributed by atoms with E-state index in [9.17, 15) is 13.2 Å². The van der Waals surface area contributed by atoms with E-state index in [-0.39, 0.29) is 5.75 Å². The largest absolute Gasteiger partial charge is 0.573 e. The molecule has 2 aliphatic rings. The molecule has 138 valence electrons. The predicted molar refractivity (Wildman–Crippen MR) is 94.1 cm³/mol. The number of rotatable bonds is 2. The lowest BCUT2D eigenvalue weighted by atomic mass is 9.92. The first kappa shape index (κ1) is 17.4. The number of hydrogen-bond donors (Lipinski definition) is 1. The zero-order chi connectivity index (χ0) is 18.5. The number of alkyl halides is 3. The van der Waals surface area contributed by atoms with Crippen LogP contribution in [0.25, 0.3) is 11.1 Å². The number of benzene rings is 2. The van der Waals surface area contributed by atoms with Gasteiger partial charge in [-0.15, -0.1) is 13.2 Å². The topological polar surface area (TPSA) is 24.5 Å². The summed E-state index contributed by atoms with van der Waals surface area (Å²) in [6.45, 7) is 7.89. The Balaban J connectivity index is 1.70. The van der Waals surface area contributed by atoms with Crippen LogP contribution in [0.3, 0.4) is 0 Å². The smallest absolute Gasteiger partial charge is 0.406 e. The van der Waals surface area contributed by atoms with Gasteiger partial charge in [0.05, 0.1) is 0 Å². The van der Waals surface area contributed by atoms with Crippen LogP contribution in [0.5, 0.6) is 5.75 Å². The molecule has 0 radical (unpaired) electrons. The molecular weight excluding hydrogens is 341 g/mol. The van der Waals surface area contributed by atoms with Crippen LogP contribution in [-0.2, 0) is 6.54 Å². The van der Waals surface area contributed by atoms with Gasteiger partial charge in [-0.25, -0.2) is 0 Å². The van der Waals surface area contributed by atoms with Gasteiger partial charge in [0, 0.05) is 32.2 Å². The maximum absolute atomic E-state index is 12.4. The fraction of sp³-hybridized carbons (Fsp3) is 0.400. The Hall–Kier alpha value is -2.05. The second-order valence-corrected chi connectivity index (χ2v) is 7.08. The number of hydrogen-bond acceptors (Lipinski definition) is 3. The molecular formula is C20H21F3N2O. The fourth-order valence-electron chi connectivity index (χ4n) is 4.12. The van der Waals surface area contributed by atoms with Crippen molar-refractivity contribution in [2.45, 2.75) is 32.8 Å². The molecule has 0 bridgehead atoms. The Morgan fingerprint density at radius 3 is 2.65 bits per heavy atom. The van der Waals surface area contributed by atoms with Crippen LogP contribution < -0.4 is 10.1 Å². The number of halogens is 3. The maximum Gasteiger partial charge on any atom is 0.573 e. The van der Waals surface area contributed by atoms with Gasteiger partial charge in [0.1, 0.15) is 5.75 Å². The number of nitrogens with zero attached hydrogens (tertiary/aromatic N) is 1. The van der Waals surface area contributed by atoms with E-state index >= 15 is 0 Å². The molecule has 0 saturated carbocycles. The molecule has 6 heteroatoms. The molecule has 3 nitrogen and oxygen atoms in total. The van der Waals surface area contributed by atoms with E-state index in [1.807, 2.05) is 6.92 Å². The van der Waals surface area contributed by atoms with Crippen molar-refractivity contribution in [3.05, 3.63) is 52.6 Å². The Labute approximate surface area is 150 Å². The first-order valence-corrected chi connectivity index (χ1v) is 8.77. The van der Waals surface area contributed by atoms with Gasteiger partial charge >= 0.3 is 6.36 Å². The number of fused-ring (bicyclic) bond motifs is 3. The highest BCUT2D eigenvalue weighted by atomic mass is 19.4. The third-order valence-corrected chi connectivity index (χ3v) is 5.32. The first-order chi connectivity index (χ1) is 12.3. The molecule has 0 unspecified atom stereocenters. The third-order valence-electron chi connectivity index (χ3n) is 5.32. The molecule has 1 N–H and O–H groups in total. The highest BCUT2D eigenvalue weighted by molar-refractivity contribution is 5.71. The number of nitrogens with one attached hydrogen (secondary N) is 1. The minimum atomic E-state index is -4.67. The van der Waals surface area contributed by atoms with Crippen LogP contribution >= 0.6 is 0 Å². The normalized spacial score (nSPS) is 20.0. The molecule has 2 aromatic carbocycles. The fourth-order valence-corrected chi connectivity index (χ4v) is 4.12. The summed E-state index contributed by atoms with van der Waals surface area (Å²) in [5.74, 6) is -0.181. The third kappa shape index (κ3) is 3.19. The molecule has 1 fully saturated rings. The molecule has 4 rings (SSSR count). The Bertz CT molecular complexity index is 848. The van der Waals surface area contributed by atoms with Crippen LogP contribution in [0.15, 0.2) is 30.3 Å². The molecule has 0 aromatic heterocycles. The minimum Gasteiger partial charge on any atom is -0.406 e. The lowest BCUT2D eigenvalue weighted by molar-refractivity contribution is -0.274. The van der Waals surface area contributed by atoms with Crippen molar-refractivity contribution in [2.24, 2.45) is 0 Å². The minimum absolute atomic E-state index is 0.181. The van der Waals surface area contributed by atoms with E-state index in [1.54, 1.807) is 6.07 Å². The summed E-state index contributed by atoms with van der Waals surface area (Å²) in [6.07, 6.45) is -4.67. The molecule has 1 saturated heterocycles. The molecule has 2 aliphatic heterocycles. The number of ether oxygens (including phenoxy) is 1. The summed E-state index contributed by atoms with van der Waals surface area (Å²) in [7, 11) is 0. The molecule has 1 atom stereocenters. The molecule has 0 spiro atoms. The average molecular weight is 362 g/mol. The van der Waals surface area contributed by atoms with E-state index in [1.165, 1.54) is 28.8 Å². The van der Waals surface area contributed by atoms with Crippen molar-refractivity contribution in [1.29, 1.82) is 0 Å². The van der Waals surface area contributed by atoms with E-state index in [2.05, 4.69) is 34.0 Å². The zero-order valence-electron chi connectivity index (χ0n) is 14.8. The Morgan fingerprint density at radius 1 is 1.12 bits per heavy atom. The van der Waals surface area contributed by atoms with Gasteiger partial charge < -0.3 is 10.1 Å². The summed E-state index contributed by atoms with van der Waals surface area (Å²) in [4.78, 5) is 2.49. The first-order valence-electron chi connectivity index (χ1n) is 8.77. The standard InChI is InChI=1S/C20H21F3N2O/c1-12-7-14(9-17-18(12)11-25-6-5-24-10-19(17)25)16-4-3-15(8-13(16)2)26-20(21,22)23/h3-4,7-9,19,24H,5-6,10-11H2,1-2H3/t19-/m0/s1. The van der Waals surface area contributed by atoms with Gasteiger partial charge in [-0.05, 0) is 65.4 Å². The van der Waals surface area contributed by atoms with Crippen LogP contribution in [-0.4, -0.2) is 30.9 Å². The molecule has 0 amide bonds. The van der Waals surface area contributed by atoms with E-state index in [4.69, 9.17) is 0 Å². The quantitative estimate of drug-likeness (QED) is 0.861. The lowest BCUT2D eigenvalue weighted by Crippen LogP contribution is -2.42. The second kappa shape index (κ2) is 6.28. The summed E-state index contributed by atoms with van der Waals surface area (Å²) in [5.41, 5.74) is 6.71. The summed E-state index contributed by atoms with van der Waals surface area (Å²) in [5, 5.41) is 3.45. The predicted octanol–water partition coefficient (Wildman–Crippen LogP) is 4.33. The van der Waals surface area contributed by atoms with Gasteiger partial charge in [0.25, 0.3) is 0 Å². The van der Waals surface area contributed by atoms with Crippen LogP contribution in [0.2, 0.25) is 0 Å². The average Bonchev–Trinajstić information content (AvgIpc) is 2.93. The van der Waals surface area contributed by atoms with Crippen LogP contribution in [0.1, 0.15) is 28.3 Å². The van der Waals surface area contributed by atoms with Gasteiger partial charge in [-0.1, -0.05) is 12.1 Å². The molecule has 2 aromatic rings. The molecule has 0 aliphatic carbocycles. The Morgan fingerprint density at radius 2 is 1.92 bits per heavy atom. The SMILES string of the molecule is Cc1cc(OC(F)(F)F)ccc1-c1cc(C)c2c(c1)[C@@H]1CNCCN1C2. The van der Waals surface area contributed by atoms with Crippen molar-refractivity contribution in [3.63, 3.8) is 0 Å². The summed E-state index contributed by atoms with van der Waals surface area (Å²) < 4.78 is 41.3. The summed E-state index contributed by atoms with van der Waals surface area (Å²) in [6, 6.07) is 9.26. The molecule has 26 heavy (non-hydrogen) atoms. The number of piperazine rings is 1. The van der Waals surface area contributed by atoms with Crippen molar-refractivity contribution < 1.29 is 17.9 Å². The van der Waals surface area contributed by atoms with Gasteiger partial charge in [-0.3, -0.25) is 4.90 Å². The highest BCUT2D eigenvalue weighted by Gasteiger charge is 2.33. The second-order valence-electron chi connectivity index (χ2n) is 7.08. The van der Waals surface area contributed by atoms with Crippen LogP contribution in [0, 0.1) is 13.8 Å². The van der Waals surface area contributed by atoms with Gasteiger partial charge in [-0.2, -0.15) is 0 Å². The van der Waals surface area contributed by atoms with E-state index in [0.29, 0.717) is 6.04 Å². The zero-order valence-corrected chi connectivity index (χ0v) is 14.8. The lowest BCUT2D eigenvalue weighted by Gasteiger charge is -2.30. The van der Waals surface area contributed by atoms with Gasteiger partial charge in [0.2, 0.25) is 0 Å². The Kier molecular flexibility index (Phi) is 4.20. The van der Waals surface area contributed by atoms with Crippen LogP contribution in [0.4, 0.5) is 13.2 Å². The van der Waals surface area contributed by atoms with Crippen molar-refractivity contribution in [3.8, 4) is 16.9 Å².